The molecule has 44 heavy (non-hydrogen) atoms. The summed E-state index contributed by atoms with van der Waals surface area (Å²) < 4.78 is 22.3. The molecule has 6 heterocycles. The molecule has 1 aromatic carbocycles. The van der Waals surface area contributed by atoms with Gasteiger partial charge in [0.25, 0.3) is 11.8 Å². The molecular formula is C30H24N8O6. The number of carbonyl (C=O) groups is 2. The molecule has 1 aliphatic rings. The van der Waals surface area contributed by atoms with E-state index in [1.54, 1.807) is 18.2 Å². The second-order valence-electron chi connectivity index (χ2n) is 10.3. The van der Waals surface area contributed by atoms with Crippen molar-refractivity contribution in [3.8, 4) is 46.3 Å². The van der Waals surface area contributed by atoms with Gasteiger partial charge in [0.05, 0.1) is 0 Å². The van der Waals surface area contributed by atoms with Crippen LogP contribution in [0, 0.1) is 0 Å². The summed E-state index contributed by atoms with van der Waals surface area (Å²) in [6.07, 6.45) is 5.26. The summed E-state index contributed by atoms with van der Waals surface area (Å²) in [6.45, 7) is 1.12. The highest BCUT2D eigenvalue weighted by Gasteiger charge is 2.21. The lowest BCUT2D eigenvalue weighted by Gasteiger charge is -2.14. The van der Waals surface area contributed by atoms with E-state index in [4.69, 9.17) is 17.7 Å². The van der Waals surface area contributed by atoms with Gasteiger partial charge in [-0.05, 0) is 42.9 Å². The number of amides is 2. The van der Waals surface area contributed by atoms with E-state index in [2.05, 4.69) is 35.6 Å². The number of rotatable bonds is 2. The predicted molar refractivity (Wildman–Crippen MR) is 152 cm³/mol. The van der Waals surface area contributed by atoms with Crippen molar-refractivity contribution in [2.75, 3.05) is 14.1 Å². The number of hydrogen-bond acceptors (Lipinski definition) is 12. The van der Waals surface area contributed by atoms with Crippen molar-refractivity contribution in [2.24, 2.45) is 0 Å². The van der Waals surface area contributed by atoms with E-state index < -0.39 is 11.8 Å². The van der Waals surface area contributed by atoms with Crippen LogP contribution in [0.3, 0.4) is 0 Å². The van der Waals surface area contributed by atoms with Gasteiger partial charge in [0.2, 0.25) is 23.6 Å². The average molecular weight is 593 g/mol. The number of benzene rings is 1. The van der Waals surface area contributed by atoms with Gasteiger partial charge in [-0.1, -0.05) is 24.3 Å². The highest BCUT2D eigenvalue weighted by molar-refractivity contribution is 5.92. The molecular weight excluding hydrogens is 568 g/mol. The summed E-state index contributed by atoms with van der Waals surface area (Å²) in [5.74, 6) is -0.220. The third-order valence-electron chi connectivity index (χ3n) is 6.62. The van der Waals surface area contributed by atoms with Crippen molar-refractivity contribution in [1.82, 2.24) is 40.5 Å². The second kappa shape index (κ2) is 11.1. The molecule has 0 unspecified atom stereocenters. The van der Waals surface area contributed by atoms with Crippen LogP contribution in [0.5, 0.6) is 0 Å². The highest BCUT2D eigenvalue weighted by Crippen LogP contribution is 2.27. The standard InChI is InChI=1S/C30H24N8O6/c1-38(2)11-18-7-16-6-17(8-18)10-32-26(40)22-13-42-30(35-22)24-15-44-28(37-24)20-5-3-4-19(33-20)27-36-23(14-43-27)29-34-21(12-41-29)25(39)31-9-16/h3-8,12-15H,9-11H2,1-2H3,(H,31,39)(H,32,40). The van der Waals surface area contributed by atoms with Gasteiger partial charge in [0, 0.05) is 19.6 Å². The Kier molecular flexibility index (Phi) is 6.79. The Morgan fingerprint density at radius 3 is 1.52 bits per heavy atom. The number of aromatic nitrogens is 5. The van der Waals surface area contributed by atoms with Gasteiger partial charge in [-0.25, -0.2) is 24.9 Å². The van der Waals surface area contributed by atoms with E-state index in [9.17, 15) is 9.59 Å². The third kappa shape index (κ3) is 5.48. The summed E-state index contributed by atoms with van der Waals surface area (Å²) in [5, 5.41) is 5.76. The lowest BCUT2D eigenvalue weighted by atomic mass is 10.0. The summed E-state index contributed by atoms with van der Waals surface area (Å²) in [6, 6.07) is 11.1. The smallest absolute Gasteiger partial charge is 0.273 e. The lowest BCUT2D eigenvalue weighted by molar-refractivity contribution is 0.0938. The molecule has 0 radical (unpaired) electrons. The fraction of sp³-hybridized carbons (Fsp3) is 0.167. The van der Waals surface area contributed by atoms with Crippen molar-refractivity contribution in [2.45, 2.75) is 19.6 Å². The average Bonchev–Trinajstić information content (AvgIpc) is 3.84. The van der Waals surface area contributed by atoms with Crippen LogP contribution in [0.25, 0.3) is 46.3 Å². The minimum absolute atomic E-state index is 0.0859. The van der Waals surface area contributed by atoms with Gasteiger partial charge in [-0.3, -0.25) is 9.59 Å². The number of hydrogen-bond donors (Lipinski definition) is 2. The second-order valence-corrected chi connectivity index (χ2v) is 10.3. The quantitative estimate of drug-likeness (QED) is 0.296. The number of carbonyl (C=O) groups excluding carboxylic acids is 2. The zero-order valence-corrected chi connectivity index (χ0v) is 23.5. The maximum Gasteiger partial charge on any atom is 0.273 e. The first-order chi connectivity index (χ1) is 21.4. The Morgan fingerprint density at radius 1 is 0.614 bits per heavy atom. The monoisotopic (exact) mass is 592 g/mol. The fourth-order valence-electron chi connectivity index (χ4n) is 4.69. The minimum atomic E-state index is -0.424. The van der Waals surface area contributed by atoms with Crippen LogP contribution in [0.15, 0.2) is 79.1 Å². The molecule has 220 valence electrons. The number of fused-ring (bicyclic) bond motifs is 16. The number of nitrogens with one attached hydrogen (secondary N) is 2. The summed E-state index contributed by atoms with van der Waals surface area (Å²) >= 11 is 0. The Hall–Kier alpha value is -5.89. The van der Waals surface area contributed by atoms with Crippen molar-refractivity contribution in [3.63, 3.8) is 0 Å². The van der Waals surface area contributed by atoms with Gasteiger partial charge < -0.3 is 33.2 Å². The van der Waals surface area contributed by atoms with Gasteiger partial charge in [-0.2, -0.15) is 0 Å². The summed E-state index contributed by atoms with van der Waals surface area (Å²) in [7, 11) is 3.93. The van der Waals surface area contributed by atoms with Crippen LogP contribution in [-0.4, -0.2) is 55.7 Å². The van der Waals surface area contributed by atoms with Crippen LogP contribution in [0.1, 0.15) is 37.7 Å². The Bertz CT molecular complexity index is 1870. The van der Waals surface area contributed by atoms with Crippen LogP contribution < -0.4 is 10.6 Å². The van der Waals surface area contributed by atoms with Crippen molar-refractivity contribution < 1.29 is 27.3 Å². The topological polar surface area (TPSA) is 178 Å². The minimum Gasteiger partial charge on any atom is -0.442 e. The van der Waals surface area contributed by atoms with Crippen molar-refractivity contribution in [1.29, 1.82) is 0 Å². The van der Waals surface area contributed by atoms with Gasteiger partial charge in [0.15, 0.2) is 22.8 Å². The van der Waals surface area contributed by atoms with E-state index in [1.807, 2.05) is 37.2 Å². The number of oxazole rings is 4. The van der Waals surface area contributed by atoms with Crippen molar-refractivity contribution in [3.05, 3.63) is 89.5 Å². The fourth-order valence-corrected chi connectivity index (χ4v) is 4.69. The molecule has 12 bridgehead atoms. The Balaban J connectivity index is 1.25. The number of pyridine rings is 1. The first kappa shape index (κ1) is 27.0. The molecule has 0 spiro atoms. The summed E-state index contributed by atoms with van der Waals surface area (Å²) in [4.78, 5) is 50.0. The largest absolute Gasteiger partial charge is 0.442 e. The molecule has 2 N–H and O–H groups in total. The first-order valence-corrected chi connectivity index (χ1v) is 13.5. The molecule has 14 nitrogen and oxygen atoms in total. The molecule has 0 saturated heterocycles. The Labute approximate surface area is 249 Å². The number of nitrogens with zero attached hydrogens (tertiary/aromatic N) is 6. The van der Waals surface area contributed by atoms with Crippen LogP contribution in [0.2, 0.25) is 0 Å². The molecule has 0 saturated carbocycles. The van der Waals surface area contributed by atoms with Crippen molar-refractivity contribution >= 4 is 11.8 Å². The molecule has 1 aliphatic heterocycles. The van der Waals surface area contributed by atoms with E-state index in [1.165, 1.54) is 25.1 Å². The maximum absolute atomic E-state index is 13.0. The van der Waals surface area contributed by atoms with Crippen LogP contribution in [0.4, 0.5) is 0 Å². The lowest BCUT2D eigenvalue weighted by Crippen LogP contribution is -2.25. The molecule has 6 aromatic rings. The Morgan fingerprint density at radius 2 is 1.05 bits per heavy atom. The molecule has 14 heteroatoms. The third-order valence-corrected chi connectivity index (χ3v) is 6.62. The molecule has 7 rings (SSSR count). The molecule has 0 aliphatic carbocycles. The van der Waals surface area contributed by atoms with Crippen LogP contribution in [-0.2, 0) is 19.6 Å². The molecule has 0 fully saturated rings. The molecule has 0 atom stereocenters. The predicted octanol–water partition coefficient (Wildman–Crippen LogP) is 3.94. The first-order valence-electron chi connectivity index (χ1n) is 13.5. The highest BCUT2D eigenvalue weighted by atomic mass is 16.4. The van der Waals surface area contributed by atoms with E-state index >= 15 is 0 Å². The molecule has 2 amide bonds. The SMILES string of the molecule is CN(C)Cc1cc2cc(c1)CNC(=O)c1coc(n1)-c1coc(n1)-c1cccc(n1)-c1nc(co1)-c1nc(co1)C(=O)NC2. The van der Waals surface area contributed by atoms with E-state index in [-0.39, 0.29) is 48.0 Å². The van der Waals surface area contributed by atoms with Crippen LogP contribution >= 0.6 is 0 Å². The van der Waals surface area contributed by atoms with E-state index in [0.29, 0.717) is 29.3 Å². The van der Waals surface area contributed by atoms with Gasteiger partial charge in [-0.15, -0.1) is 0 Å². The normalized spacial score (nSPS) is 13.3. The van der Waals surface area contributed by atoms with E-state index in [0.717, 1.165) is 16.7 Å². The molecule has 5 aromatic heterocycles. The zero-order chi connectivity index (χ0) is 30.2. The van der Waals surface area contributed by atoms with Gasteiger partial charge in [0.1, 0.15) is 36.4 Å². The van der Waals surface area contributed by atoms with Gasteiger partial charge >= 0.3 is 0 Å². The zero-order valence-electron chi connectivity index (χ0n) is 23.5. The summed E-state index contributed by atoms with van der Waals surface area (Å²) in [5.41, 5.74) is 4.28. The maximum atomic E-state index is 13.0.